The third-order valence-corrected chi connectivity index (χ3v) is 3.18. The Labute approximate surface area is 75.1 Å². The monoisotopic (exact) mass is 176 g/mol. The van der Waals surface area contributed by atoms with Crippen LogP contribution in [0.3, 0.4) is 0 Å². The topological polar surface area (TPSA) is 43.4 Å². The van der Waals surface area contributed by atoms with Gasteiger partial charge in [0.25, 0.3) is 0 Å². The second-order valence-electron chi connectivity index (χ2n) is 3.72. The predicted molar refractivity (Wildman–Crippen MR) is 43.3 cm³/mol. The quantitative estimate of drug-likeness (QED) is 0.402. The summed E-state index contributed by atoms with van der Waals surface area (Å²) in [5.41, 5.74) is 0. The van der Waals surface area contributed by atoms with Crippen molar-refractivity contribution < 1.29 is 14.3 Å². The molecule has 1 heterocycles. The van der Waals surface area contributed by atoms with Gasteiger partial charge in [-0.2, -0.15) is 0 Å². The van der Waals surface area contributed by atoms with E-state index in [9.17, 15) is 9.59 Å². The van der Waals surface area contributed by atoms with E-state index in [1.54, 1.807) is 0 Å². The molecule has 0 bridgehead atoms. The first-order valence-electron chi connectivity index (χ1n) is 4.39. The lowest BCUT2D eigenvalue weighted by atomic mass is 9.56. The van der Waals surface area contributed by atoms with Crippen molar-refractivity contribution in [3.63, 3.8) is 0 Å². The second-order valence-corrected chi connectivity index (χ2v) is 3.72. The highest BCUT2D eigenvalue weighted by molar-refractivity contribution is 5.99. The molecule has 1 aliphatic heterocycles. The maximum Gasteiger partial charge on any atom is 0.318 e. The Hall–Kier alpha value is -1.38. The van der Waals surface area contributed by atoms with Crippen LogP contribution >= 0.6 is 0 Å². The molecule has 2 aliphatic carbocycles. The molecule has 2 fully saturated rings. The molecule has 3 heteroatoms. The fourth-order valence-corrected chi connectivity index (χ4v) is 2.54. The molecule has 0 N–H and O–H groups in total. The van der Waals surface area contributed by atoms with Gasteiger partial charge >= 0.3 is 11.9 Å². The van der Waals surface area contributed by atoms with Gasteiger partial charge in [0.15, 0.2) is 0 Å². The number of esters is 2. The summed E-state index contributed by atoms with van der Waals surface area (Å²) in [6, 6.07) is 0. The van der Waals surface area contributed by atoms with Crippen molar-refractivity contribution in [2.45, 2.75) is 0 Å². The van der Waals surface area contributed by atoms with Crippen molar-refractivity contribution in [3.8, 4) is 0 Å². The molecule has 4 unspecified atom stereocenters. The number of hydrogen-bond acceptors (Lipinski definition) is 3. The molecule has 0 aromatic carbocycles. The minimum atomic E-state index is -0.337. The first-order valence-corrected chi connectivity index (χ1v) is 4.39. The molecule has 0 amide bonds. The Kier molecular flexibility index (Phi) is 1.14. The van der Waals surface area contributed by atoms with Crippen molar-refractivity contribution in [1.29, 1.82) is 0 Å². The van der Waals surface area contributed by atoms with E-state index < -0.39 is 0 Å². The van der Waals surface area contributed by atoms with Crippen molar-refractivity contribution in [2.24, 2.45) is 23.7 Å². The van der Waals surface area contributed by atoms with Crippen LogP contribution in [0.25, 0.3) is 0 Å². The van der Waals surface area contributed by atoms with Gasteiger partial charge in [-0.15, -0.1) is 0 Å². The van der Waals surface area contributed by atoms with Gasteiger partial charge in [-0.3, -0.25) is 9.59 Å². The molecule has 4 atom stereocenters. The number of carbonyl (C=O) groups is 2. The molecule has 0 radical (unpaired) electrons. The van der Waals surface area contributed by atoms with Crippen LogP contribution in [0.2, 0.25) is 0 Å². The van der Waals surface area contributed by atoms with E-state index in [0.717, 1.165) is 0 Å². The van der Waals surface area contributed by atoms with Crippen LogP contribution < -0.4 is 0 Å². The van der Waals surface area contributed by atoms with Crippen LogP contribution in [0.15, 0.2) is 24.3 Å². The van der Waals surface area contributed by atoms with Gasteiger partial charge in [0.2, 0.25) is 0 Å². The SMILES string of the molecule is O=C1OC(=O)C2C3C=CC=CC3C12. The fourth-order valence-electron chi connectivity index (χ4n) is 2.54. The molecule has 1 saturated carbocycles. The van der Waals surface area contributed by atoms with E-state index >= 15 is 0 Å². The fraction of sp³-hybridized carbons (Fsp3) is 0.400. The summed E-state index contributed by atoms with van der Waals surface area (Å²) in [4.78, 5) is 22.4. The standard InChI is InChI=1S/C10H8O3/c11-9-7-5-3-1-2-4-6(5)8(7)10(12)13-9/h1-8H. The van der Waals surface area contributed by atoms with Gasteiger partial charge in [-0.05, 0) is 11.8 Å². The number of fused-ring (bicyclic) bond motifs is 4. The van der Waals surface area contributed by atoms with Gasteiger partial charge in [0, 0.05) is 0 Å². The number of hydrogen-bond donors (Lipinski definition) is 0. The third-order valence-electron chi connectivity index (χ3n) is 3.18. The minimum absolute atomic E-state index is 0.196. The first-order chi connectivity index (χ1) is 6.29. The molecule has 3 rings (SSSR count). The van der Waals surface area contributed by atoms with Crippen molar-refractivity contribution in [2.75, 3.05) is 0 Å². The summed E-state index contributed by atoms with van der Waals surface area (Å²) in [6.45, 7) is 0. The molecule has 0 spiro atoms. The molecule has 13 heavy (non-hydrogen) atoms. The van der Waals surface area contributed by atoms with Crippen molar-refractivity contribution >= 4 is 11.9 Å². The van der Waals surface area contributed by atoms with Gasteiger partial charge in [0.05, 0.1) is 11.8 Å². The molecule has 0 aromatic heterocycles. The Morgan fingerprint density at radius 3 is 1.85 bits per heavy atom. The summed E-state index contributed by atoms with van der Waals surface area (Å²) in [6.07, 6.45) is 7.83. The molecule has 3 aliphatic rings. The number of carbonyl (C=O) groups excluding carboxylic acids is 2. The number of cyclic esters (lactones) is 2. The molecule has 66 valence electrons. The zero-order chi connectivity index (χ0) is 9.00. The largest absolute Gasteiger partial charge is 0.393 e. The van der Waals surface area contributed by atoms with E-state index in [2.05, 4.69) is 4.74 Å². The van der Waals surface area contributed by atoms with Crippen LogP contribution in [-0.2, 0) is 14.3 Å². The van der Waals surface area contributed by atoms with Gasteiger partial charge in [-0.1, -0.05) is 24.3 Å². The maximum absolute atomic E-state index is 11.2. The summed E-state index contributed by atoms with van der Waals surface area (Å²) < 4.78 is 4.59. The zero-order valence-corrected chi connectivity index (χ0v) is 6.84. The lowest BCUT2D eigenvalue weighted by Gasteiger charge is -2.42. The first kappa shape index (κ1) is 7.06. The van der Waals surface area contributed by atoms with Crippen LogP contribution in [0.1, 0.15) is 0 Å². The normalized spacial score (nSPS) is 45.2. The molecule has 3 nitrogen and oxygen atoms in total. The van der Waals surface area contributed by atoms with E-state index in [1.807, 2.05) is 24.3 Å². The van der Waals surface area contributed by atoms with Crippen molar-refractivity contribution in [3.05, 3.63) is 24.3 Å². The third kappa shape index (κ3) is 0.698. The zero-order valence-electron chi connectivity index (χ0n) is 6.84. The highest BCUT2D eigenvalue weighted by Crippen LogP contribution is 2.53. The lowest BCUT2D eigenvalue weighted by Crippen LogP contribution is -2.47. The number of rotatable bonds is 0. The van der Waals surface area contributed by atoms with E-state index in [0.29, 0.717) is 0 Å². The number of ether oxygens (including phenoxy) is 1. The highest BCUT2D eigenvalue weighted by Gasteiger charge is 2.61. The van der Waals surface area contributed by atoms with Crippen LogP contribution in [0.5, 0.6) is 0 Å². The van der Waals surface area contributed by atoms with Crippen LogP contribution in [0, 0.1) is 23.7 Å². The average molecular weight is 176 g/mol. The molecule has 1 saturated heterocycles. The Balaban J connectivity index is 1.99. The predicted octanol–water partition coefficient (Wildman–Crippen LogP) is 0.674. The van der Waals surface area contributed by atoms with Gasteiger partial charge in [0.1, 0.15) is 0 Å². The molecular formula is C10H8O3. The molecular weight excluding hydrogens is 168 g/mol. The van der Waals surface area contributed by atoms with Crippen LogP contribution in [-0.4, -0.2) is 11.9 Å². The van der Waals surface area contributed by atoms with Gasteiger partial charge in [-0.25, -0.2) is 0 Å². The smallest absolute Gasteiger partial charge is 0.318 e. The Morgan fingerprint density at radius 1 is 0.923 bits per heavy atom. The average Bonchev–Trinajstić information content (AvgIpc) is 2.30. The Morgan fingerprint density at radius 2 is 1.38 bits per heavy atom. The van der Waals surface area contributed by atoms with E-state index in [4.69, 9.17) is 0 Å². The van der Waals surface area contributed by atoms with E-state index in [1.165, 1.54) is 0 Å². The van der Waals surface area contributed by atoms with Gasteiger partial charge < -0.3 is 4.74 Å². The second kappa shape index (κ2) is 2.10. The summed E-state index contributed by atoms with van der Waals surface area (Å²) in [5.74, 6) is -0.660. The maximum atomic E-state index is 11.2. The van der Waals surface area contributed by atoms with E-state index in [-0.39, 0.29) is 35.6 Å². The lowest BCUT2D eigenvalue weighted by molar-refractivity contribution is -0.153. The van der Waals surface area contributed by atoms with Crippen molar-refractivity contribution in [1.82, 2.24) is 0 Å². The minimum Gasteiger partial charge on any atom is -0.393 e. The molecule has 0 aromatic rings. The summed E-state index contributed by atoms with van der Waals surface area (Å²) >= 11 is 0. The highest BCUT2D eigenvalue weighted by atomic mass is 16.6. The van der Waals surface area contributed by atoms with Crippen LogP contribution in [0.4, 0.5) is 0 Å². The Bertz CT molecular complexity index is 319. The summed E-state index contributed by atoms with van der Waals surface area (Å²) in [7, 11) is 0. The number of allylic oxidation sites excluding steroid dienone is 4. The summed E-state index contributed by atoms with van der Waals surface area (Å²) in [5, 5.41) is 0.